The fraction of sp³-hybridized carbons (Fsp3) is 0.500. The highest BCUT2D eigenvalue weighted by Crippen LogP contribution is 2.25. The summed E-state index contributed by atoms with van der Waals surface area (Å²) in [6.45, 7) is 1.55. The topological polar surface area (TPSA) is 84.7 Å². The molecule has 0 bridgehead atoms. The van der Waals surface area contributed by atoms with Crippen molar-refractivity contribution in [2.75, 3.05) is 13.1 Å². The molecular weight excluding hydrogens is 370 g/mol. The lowest BCUT2D eigenvalue weighted by molar-refractivity contribution is -0.126. The number of piperidine rings is 1. The smallest absolute Gasteiger partial charge is 0.257 e. The second-order valence-corrected chi connectivity index (χ2v) is 7.79. The van der Waals surface area contributed by atoms with Gasteiger partial charge < -0.3 is 19.4 Å². The zero-order valence-electron chi connectivity index (χ0n) is 16.5. The molecule has 1 saturated carbocycles. The van der Waals surface area contributed by atoms with Gasteiger partial charge in [0.05, 0.1) is 11.8 Å². The second-order valence-electron chi connectivity index (χ2n) is 7.79. The lowest BCUT2D eigenvalue weighted by Gasteiger charge is -2.31. The van der Waals surface area contributed by atoms with Crippen molar-refractivity contribution in [2.24, 2.45) is 5.92 Å². The van der Waals surface area contributed by atoms with E-state index in [1.807, 2.05) is 12.1 Å². The van der Waals surface area contributed by atoms with Gasteiger partial charge in [-0.3, -0.25) is 9.59 Å². The van der Waals surface area contributed by atoms with Gasteiger partial charge in [-0.25, -0.2) is 4.98 Å². The van der Waals surface area contributed by atoms with E-state index in [2.05, 4.69) is 10.3 Å². The molecule has 2 aromatic rings. The molecule has 7 nitrogen and oxygen atoms in total. The van der Waals surface area contributed by atoms with Gasteiger partial charge in [0.25, 0.3) is 5.91 Å². The highest BCUT2D eigenvalue weighted by molar-refractivity contribution is 5.94. The molecular formula is C22H27N3O4. The van der Waals surface area contributed by atoms with Crippen molar-refractivity contribution < 1.29 is 18.7 Å². The van der Waals surface area contributed by atoms with Crippen molar-refractivity contribution in [1.29, 1.82) is 0 Å². The van der Waals surface area contributed by atoms with Gasteiger partial charge in [0.2, 0.25) is 11.8 Å². The first kappa shape index (κ1) is 19.5. The van der Waals surface area contributed by atoms with Crippen molar-refractivity contribution in [3.05, 3.63) is 48.0 Å². The minimum atomic E-state index is -0.0840. The predicted octanol–water partition coefficient (Wildman–Crippen LogP) is 3.16. The molecule has 1 aliphatic carbocycles. The molecule has 0 radical (unpaired) electrons. The zero-order valence-corrected chi connectivity index (χ0v) is 16.5. The van der Waals surface area contributed by atoms with E-state index in [0.717, 1.165) is 18.4 Å². The monoisotopic (exact) mass is 397 g/mol. The Morgan fingerprint density at radius 1 is 1.17 bits per heavy atom. The maximum Gasteiger partial charge on any atom is 0.257 e. The van der Waals surface area contributed by atoms with Crippen LogP contribution in [0.25, 0.3) is 0 Å². The number of nitrogens with zero attached hydrogens (tertiary/aromatic N) is 2. The molecule has 154 valence electrons. The van der Waals surface area contributed by atoms with E-state index < -0.39 is 0 Å². The lowest BCUT2D eigenvalue weighted by Crippen LogP contribution is -2.42. The largest absolute Gasteiger partial charge is 0.474 e. The van der Waals surface area contributed by atoms with Crippen LogP contribution < -0.4 is 10.1 Å². The van der Waals surface area contributed by atoms with Crippen molar-refractivity contribution in [1.82, 2.24) is 15.2 Å². The van der Waals surface area contributed by atoms with Crippen LogP contribution in [-0.2, 0) is 11.3 Å². The van der Waals surface area contributed by atoms with Gasteiger partial charge in [-0.1, -0.05) is 6.07 Å². The molecule has 1 saturated heterocycles. The second kappa shape index (κ2) is 9.11. The molecule has 0 aromatic carbocycles. The van der Waals surface area contributed by atoms with Gasteiger partial charge in [0.15, 0.2) is 0 Å². The highest BCUT2D eigenvalue weighted by atomic mass is 16.5. The summed E-state index contributed by atoms with van der Waals surface area (Å²) in [7, 11) is 0. The van der Waals surface area contributed by atoms with Crippen LogP contribution in [0.3, 0.4) is 0 Å². The van der Waals surface area contributed by atoms with E-state index >= 15 is 0 Å². The fourth-order valence-electron chi connectivity index (χ4n) is 4.07. The normalized spacial score (nSPS) is 18.0. The van der Waals surface area contributed by atoms with Gasteiger partial charge in [-0.05, 0) is 50.7 Å². The highest BCUT2D eigenvalue weighted by Gasteiger charge is 2.28. The summed E-state index contributed by atoms with van der Waals surface area (Å²) in [5.41, 5.74) is 1.46. The van der Waals surface area contributed by atoms with E-state index in [-0.39, 0.29) is 23.8 Å². The van der Waals surface area contributed by atoms with Crippen molar-refractivity contribution in [2.45, 2.75) is 51.2 Å². The summed E-state index contributed by atoms with van der Waals surface area (Å²) in [5.74, 6) is 0.525. The van der Waals surface area contributed by atoms with Crippen LogP contribution in [0.5, 0.6) is 5.88 Å². The Labute approximate surface area is 170 Å². The first-order valence-corrected chi connectivity index (χ1v) is 10.4. The summed E-state index contributed by atoms with van der Waals surface area (Å²) < 4.78 is 11.0. The standard InChI is InChI=1S/C22H27N3O4/c26-20(16-7-11-25(12-8-16)22(27)18-9-13-28-15-18)24-14-17-4-3-10-23-21(17)29-19-5-1-2-6-19/h3-4,9-10,13,15-16,19H,1-2,5-8,11-12,14H2,(H,24,26). The predicted molar refractivity (Wildman–Crippen MR) is 106 cm³/mol. The number of carbonyl (C=O) groups is 2. The number of rotatable bonds is 6. The number of nitrogens with one attached hydrogen (secondary N) is 1. The molecule has 2 amide bonds. The van der Waals surface area contributed by atoms with Crippen LogP contribution in [0.1, 0.15) is 54.4 Å². The average molecular weight is 397 g/mol. The van der Waals surface area contributed by atoms with Crippen molar-refractivity contribution in [3.8, 4) is 5.88 Å². The Balaban J connectivity index is 1.27. The van der Waals surface area contributed by atoms with E-state index in [9.17, 15) is 9.59 Å². The molecule has 29 heavy (non-hydrogen) atoms. The summed E-state index contributed by atoms with van der Waals surface area (Å²) in [5, 5.41) is 3.03. The molecule has 1 N–H and O–H groups in total. The quantitative estimate of drug-likeness (QED) is 0.809. The lowest BCUT2D eigenvalue weighted by atomic mass is 9.95. The maximum absolute atomic E-state index is 12.6. The number of likely N-dealkylation sites (tertiary alicyclic amines) is 1. The molecule has 2 aliphatic rings. The summed E-state index contributed by atoms with van der Waals surface area (Å²) in [6.07, 6.45) is 10.8. The molecule has 0 atom stereocenters. The van der Waals surface area contributed by atoms with E-state index in [4.69, 9.17) is 9.15 Å². The number of amides is 2. The first-order valence-electron chi connectivity index (χ1n) is 10.4. The van der Waals surface area contributed by atoms with Gasteiger partial charge in [0, 0.05) is 37.3 Å². The number of carbonyl (C=O) groups excluding carboxylic acids is 2. The first-order chi connectivity index (χ1) is 14.2. The molecule has 2 fully saturated rings. The summed E-state index contributed by atoms with van der Waals surface area (Å²) in [4.78, 5) is 31.2. The van der Waals surface area contributed by atoms with E-state index in [1.165, 1.54) is 25.4 Å². The van der Waals surface area contributed by atoms with Gasteiger partial charge >= 0.3 is 0 Å². The number of aromatic nitrogens is 1. The maximum atomic E-state index is 12.6. The average Bonchev–Trinajstić information content (AvgIpc) is 3.47. The van der Waals surface area contributed by atoms with Gasteiger partial charge in [0.1, 0.15) is 12.4 Å². The summed E-state index contributed by atoms with van der Waals surface area (Å²) in [6, 6.07) is 5.48. The minimum Gasteiger partial charge on any atom is -0.474 e. The minimum absolute atomic E-state index is 0.0241. The SMILES string of the molecule is O=C(NCc1cccnc1OC1CCCC1)C1CCN(C(=O)c2ccoc2)CC1. The Hall–Kier alpha value is -2.83. The van der Waals surface area contributed by atoms with Gasteiger partial charge in [-0.15, -0.1) is 0 Å². The van der Waals surface area contributed by atoms with Crippen LogP contribution in [-0.4, -0.2) is 40.9 Å². The molecule has 2 aromatic heterocycles. The number of ether oxygens (including phenoxy) is 1. The third kappa shape index (κ3) is 4.78. The van der Waals surface area contributed by atoms with Crippen LogP contribution >= 0.6 is 0 Å². The zero-order chi connectivity index (χ0) is 20.1. The molecule has 3 heterocycles. The fourth-order valence-corrected chi connectivity index (χ4v) is 4.07. The number of hydrogen-bond donors (Lipinski definition) is 1. The molecule has 4 rings (SSSR count). The number of furan rings is 1. The van der Waals surface area contributed by atoms with Crippen molar-refractivity contribution >= 4 is 11.8 Å². The Morgan fingerprint density at radius 2 is 1.97 bits per heavy atom. The molecule has 0 unspecified atom stereocenters. The third-order valence-corrected chi connectivity index (χ3v) is 5.80. The molecule has 7 heteroatoms. The third-order valence-electron chi connectivity index (χ3n) is 5.80. The van der Waals surface area contributed by atoms with Crippen molar-refractivity contribution in [3.63, 3.8) is 0 Å². The molecule has 1 aliphatic heterocycles. The van der Waals surface area contributed by atoms with Crippen LogP contribution in [0.4, 0.5) is 0 Å². The Morgan fingerprint density at radius 3 is 2.69 bits per heavy atom. The van der Waals surface area contributed by atoms with Crippen LogP contribution in [0.15, 0.2) is 41.3 Å². The van der Waals surface area contributed by atoms with Crippen LogP contribution in [0.2, 0.25) is 0 Å². The Kier molecular flexibility index (Phi) is 6.12. The molecule has 0 spiro atoms. The summed E-state index contributed by atoms with van der Waals surface area (Å²) >= 11 is 0. The number of pyridine rings is 1. The van der Waals surface area contributed by atoms with Gasteiger partial charge in [-0.2, -0.15) is 0 Å². The van der Waals surface area contributed by atoms with E-state index in [1.54, 1.807) is 17.2 Å². The number of hydrogen-bond acceptors (Lipinski definition) is 5. The Bertz CT molecular complexity index is 822. The van der Waals surface area contributed by atoms with E-state index in [0.29, 0.717) is 43.9 Å². The van der Waals surface area contributed by atoms with Crippen LogP contribution in [0, 0.1) is 5.92 Å².